The Morgan fingerprint density at radius 1 is 0.322 bits per heavy atom. The second-order valence-electron chi connectivity index (χ2n) is 15.9. The van der Waals surface area contributed by atoms with Crippen LogP contribution in [0.3, 0.4) is 0 Å². The lowest BCUT2D eigenvalue weighted by atomic mass is 9.81. The van der Waals surface area contributed by atoms with E-state index < -0.39 is 0 Å². The highest BCUT2D eigenvalue weighted by Gasteiger charge is 2.36. The number of rotatable bonds is 6. The van der Waals surface area contributed by atoms with Gasteiger partial charge in [0.05, 0.1) is 11.2 Å². The van der Waals surface area contributed by atoms with Gasteiger partial charge in [-0.15, -0.1) is 0 Å². The van der Waals surface area contributed by atoms with Gasteiger partial charge in [-0.3, -0.25) is 0 Å². The van der Waals surface area contributed by atoms with Gasteiger partial charge in [0.15, 0.2) is 17.5 Å². The van der Waals surface area contributed by atoms with E-state index in [1.165, 1.54) is 55.3 Å². The van der Waals surface area contributed by atoms with Crippen LogP contribution in [0.4, 0.5) is 0 Å². The zero-order chi connectivity index (χ0) is 39.5. The van der Waals surface area contributed by atoms with Gasteiger partial charge in [-0.1, -0.05) is 178 Å². The summed E-state index contributed by atoms with van der Waals surface area (Å²) in [5, 5.41) is 3.55. The van der Waals surface area contributed by atoms with Crippen molar-refractivity contribution in [2.45, 2.75) is 19.3 Å². The number of hydrogen-bond donors (Lipinski definition) is 0. The van der Waals surface area contributed by atoms with Crippen molar-refractivity contribution >= 4 is 21.7 Å². The number of aromatic nitrogens is 4. The summed E-state index contributed by atoms with van der Waals surface area (Å²) >= 11 is 0. The van der Waals surface area contributed by atoms with Gasteiger partial charge in [0.1, 0.15) is 0 Å². The van der Waals surface area contributed by atoms with Gasteiger partial charge in [-0.25, -0.2) is 19.9 Å². The molecule has 0 saturated heterocycles. The van der Waals surface area contributed by atoms with Crippen molar-refractivity contribution in [3.63, 3.8) is 0 Å². The molecule has 0 aliphatic heterocycles. The highest BCUT2D eigenvalue weighted by atomic mass is 15.0. The minimum atomic E-state index is -0.236. The predicted octanol–water partition coefficient (Wildman–Crippen LogP) is 13.9. The maximum atomic E-state index is 5.20. The predicted molar refractivity (Wildman–Crippen MR) is 243 cm³/mol. The van der Waals surface area contributed by atoms with Gasteiger partial charge < -0.3 is 0 Å². The van der Waals surface area contributed by atoms with E-state index in [9.17, 15) is 0 Å². The number of nitrogens with zero attached hydrogens (tertiary/aromatic N) is 4. The second-order valence-corrected chi connectivity index (χ2v) is 15.9. The summed E-state index contributed by atoms with van der Waals surface area (Å²) in [7, 11) is 0. The molecule has 0 saturated carbocycles. The van der Waals surface area contributed by atoms with E-state index in [2.05, 4.69) is 147 Å². The molecule has 2 aromatic heterocycles. The Bertz CT molecular complexity index is 3170. The topological polar surface area (TPSA) is 51.6 Å². The van der Waals surface area contributed by atoms with Crippen LogP contribution in [-0.2, 0) is 5.41 Å². The van der Waals surface area contributed by atoms with Gasteiger partial charge in [0.2, 0.25) is 0 Å². The van der Waals surface area contributed by atoms with E-state index in [1.807, 2.05) is 60.7 Å². The Balaban J connectivity index is 0.927. The Morgan fingerprint density at radius 2 is 0.814 bits per heavy atom. The van der Waals surface area contributed by atoms with Crippen LogP contribution in [0.2, 0.25) is 0 Å². The normalized spacial score (nSPS) is 12.7. The number of pyridine rings is 1. The Labute approximate surface area is 343 Å². The number of hydrogen-bond acceptors (Lipinski definition) is 4. The summed E-state index contributed by atoms with van der Waals surface area (Å²) in [5.74, 6) is 1.99. The first-order chi connectivity index (χ1) is 29.0. The van der Waals surface area contributed by atoms with Crippen molar-refractivity contribution in [1.82, 2.24) is 19.9 Å². The maximum absolute atomic E-state index is 5.20. The fourth-order valence-electron chi connectivity index (χ4n) is 8.85. The van der Waals surface area contributed by atoms with E-state index in [0.29, 0.717) is 17.5 Å². The second kappa shape index (κ2) is 13.8. The first kappa shape index (κ1) is 34.7. The van der Waals surface area contributed by atoms with Crippen molar-refractivity contribution in [3.8, 4) is 78.8 Å². The van der Waals surface area contributed by atoms with Crippen LogP contribution < -0.4 is 0 Å². The van der Waals surface area contributed by atoms with Crippen LogP contribution in [0, 0.1) is 0 Å². The molecule has 4 heteroatoms. The van der Waals surface area contributed by atoms with Crippen LogP contribution in [-0.4, -0.2) is 19.9 Å². The van der Waals surface area contributed by atoms with Crippen molar-refractivity contribution in [1.29, 1.82) is 0 Å². The summed E-state index contributed by atoms with van der Waals surface area (Å²) in [5.41, 5.74) is 15.7. The molecule has 4 nitrogen and oxygen atoms in total. The van der Waals surface area contributed by atoms with Gasteiger partial charge in [-0.05, 0) is 85.6 Å². The molecular formula is C55H38N4. The molecule has 0 unspecified atom stereocenters. The Hall–Kier alpha value is -7.56. The third kappa shape index (κ3) is 6.00. The van der Waals surface area contributed by atoms with E-state index in [1.54, 1.807) is 0 Å². The third-order valence-corrected chi connectivity index (χ3v) is 11.9. The molecule has 2 heterocycles. The minimum Gasteiger partial charge on any atom is -0.248 e. The van der Waals surface area contributed by atoms with Crippen LogP contribution in [0.1, 0.15) is 25.0 Å². The molecule has 278 valence electrons. The molecule has 0 N–H and O–H groups in total. The quantitative estimate of drug-likeness (QED) is 0.170. The third-order valence-electron chi connectivity index (χ3n) is 11.9. The van der Waals surface area contributed by atoms with Crippen molar-refractivity contribution in [3.05, 3.63) is 205 Å². The molecule has 0 fully saturated rings. The fraction of sp³-hybridized carbons (Fsp3) is 0.0545. The highest BCUT2D eigenvalue weighted by Crippen LogP contribution is 2.50. The molecule has 8 aromatic carbocycles. The summed E-state index contributed by atoms with van der Waals surface area (Å²) in [4.78, 5) is 20.2. The Kier molecular flexibility index (Phi) is 8.12. The zero-order valence-corrected chi connectivity index (χ0v) is 32.8. The minimum absolute atomic E-state index is 0.236. The van der Waals surface area contributed by atoms with Crippen LogP contribution in [0.5, 0.6) is 0 Å². The molecule has 0 bridgehead atoms. The Morgan fingerprint density at radius 3 is 1.44 bits per heavy atom. The van der Waals surface area contributed by atoms with Crippen LogP contribution >= 0.6 is 0 Å². The molecule has 1 aliphatic carbocycles. The molecule has 0 atom stereocenters. The largest absolute Gasteiger partial charge is 0.248 e. The average molecular weight is 755 g/mol. The van der Waals surface area contributed by atoms with E-state index in [4.69, 9.17) is 19.9 Å². The maximum Gasteiger partial charge on any atom is 0.164 e. The molecule has 1 aliphatic rings. The summed E-state index contributed by atoms with van der Waals surface area (Å²) in [6, 6.07) is 68.6. The first-order valence-electron chi connectivity index (χ1n) is 20.1. The molecule has 0 radical (unpaired) electrons. The smallest absolute Gasteiger partial charge is 0.164 e. The number of fused-ring (bicyclic) bond motifs is 5. The summed E-state index contributed by atoms with van der Waals surface area (Å²) < 4.78 is 0. The highest BCUT2D eigenvalue weighted by molar-refractivity contribution is 6.04. The number of benzene rings is 8. The molecule has 10 aromatic rings. The average Bonchev–Trinajstić information content (AvgIpc) is 3.53. The summed E-state index contributed by atoms with van der Waals surface area (Å²) in [6.45, 7) is 4.65. The van der Waals surface area contributed by atoms with Crippen LogP contribution in [0.15, 0.2) is 194 Å². The molecular weight excluding hydrogens is 717 g/mol. The van der Waals surface area contributed by atoms with Gasteiger partial charge in [0.25, 0.3) is 0 Å². The lowest BCUT2D eigenvalue weighted by molar-refractivity contribution is 0.661. The summed E-state index contributed by atoms with van der Waals surface area (Å²) in [6.07, 6.45) is 0. The molecule has 0 spiro atoms. The van der Waals surface area contributed by atoms with Crippen molar-refractivity contribution in [2.75, 3.05) is 0 Å². The lowest BCUT2D eigenvalue weighted by Gasteiger charge is -2.22. The standard InChI is InChI=1S/C55H38N4/c1-55(2)48-33-39(38-26-30-50-40(32-38)27-31-51(56-50)47-23-13-21-43-42(20-12-22-44(43)47)35-14-6-3-7-15-35)24-28-45(48)46-29-25-41(34-49(46)55)54-58-52(36-16-8-4-9-17-36)57-53(59-54)37-18-10-5-11-19-37/h3-34H,1-2H3. The molecule has 0 amide bonds. The van der Waals surface area contributed by atoms with E-state index in [0.717, 1.165) is 38.9 Å². The fourth-order valence-corrected chi connectivity index (χ4v) is 8.85. The van der Waals surface area contributed by atoms with Crippen molar-refractivity contribution < 1.29 is 0 Å². The van der Waals surface area contributed by atoms with E-state index in [-0.39, 0.29) is 5.41 Å². The lowest BCUT2D eigenvalue weighted by Crippen LogP contribution is -2.15. The molecule has 59 heavy (non-hydrogen) atoms. The van der Waals surface area contributed by atoms with Crippen LogP contribution in [0.25, 0.3) is 100 Å². The monoisotopic (exact) mass is 754 g/mol. The van der Waals surface area contributed by atoms with E-state index >= 15 is 0 Å². The molecule has 11 rings (SSSR count). The van der Waals surface area contributed by atoms with Gasteiger partial charge >= 0.3 is 0 Å². The SMILES string of the molecule is CC1(C)c2cc(-c3ccc4nc(-c5cccc6c(-c7ccccc7)cccc56)ccc4c3)ccc2-c2ccc(-c3nc(-c4ccccc4)nc(-c4ccccc4)n3)cc21. The zero-order valence-electron chi connectivity index (χ0n) is 32.8. The van der Waals surface area contributed by atoms with Gasteiger partial charge in [0, 0.05) is 33.1 Å². The van der Waals surface area contributed by atoms with Gasteiger partial charge in [-0.2, -0.15) is 0 Å². The van der Waals surface area contributed by atoms with Crippen molar-refractivity contribution in [2.24, 2.45) is 0 Å². The first-order valence-corrected chi connectivity index (χ1v) is 20.1.